The van der Waals surface area contributed by atoms with E-state index >= 15 is 0 Å². The van der Waals surface area contributed by atoms with Crippen LogP contribution < -0.4 is 5.32 Å². The second kappa shape index (κ2) is 12.0. The number of amides is 3. The number of nitrogens with one attached hydrogen (secondary N) is 1. The largest absolute Gasteiger partial charge is 0.445 e. The van der Waals surface area contributed by atoms with E-state index in [-0.39, 0.29) is 26.0 Å². The van der Waals surface area contributed by atoms with E-state index in [1.807, 2.05) is 91.0 Å². The zero-order chi connectivity index (χ0) is 26.1. The van der Waals surface area contributed by atoms with Crippen LogP contribution in [0.5, 0.6) is 0 Å². The van der Waals surface area contributed by atoms with Crippen molar-refractivity contribution in [1.82, 2.24) is 10.2 Å². The van der Waals surface area contributed by atoms with Crippen molar-refractivity contribution in [3.8, 4) is 0 Å². The monoisotopic (exact) mass is 500 g/mol. The van der Waals surface area contributed by atoms with Crippen LogP contribution in [0.2, 0.25) is 0 Å². The number of benzene rings is 3. The fourth-order valence-electron chi connectivity index (χ4n) is 4.34. The molecule has 0 bridgehead atoms. The summed E-state index contributed by atoms with van der Waals surface area (Å²) in [6.45, 7) is -0.0834. The molecule has 1 aliphatic heterocycles. The Balaban J connectivity index is 1.27. The minimum absolute atomic E-state index is 0.0116. The molecule has 1 saturated heterocycles. The second-order valence-corrected chi connectivity index (χ2v) is 8.68. The van der Waals surface area contributed by atoms with Crippen LogP contribution in [-0.4, -0.2) is 42.1 Å². The molecule has 37 heavy (non-hydrogen) atoms. The fraction of sp³-hybridized carbons (Fsp3) is 0.241. The Labute approximate surface area is 215 Å². The quantitative estimate of drug-likeness (QED) is 0.257. The summed E-state index contributed by atoms with van der Waals surface area (Å²) in [6, 6.07) is 27.6. The minimum atomic E-state index is -1.17. The van der Waals surface area contributed by atoms with Gasteiger partial charge in [0.15, 0.2) is 6.73 Å². The number of carbonyl (C=O) groups is 4. The van der Waals surface area contributed by atoms with Crippen molar-refractivity contribution in [3.05, 3.63) is 108 Å². The Morgan fingerprint density at radius 1 is 0.811 bits per heavy atom. The van der Waals surface area contributed by atoms with Gasteiger partial charge in [-0.2, -0.15) is 0 Å². The Bertz CT molecular complexity index is 1190. The predicted molar refractivity (Wildman–Crippen MR) is 135 cm³/mol. The van der Waals surface area contributed by atoms with Crippen molar-refractivity contribution in [2.75, 3.05) is 13.3 Å². The Morgan fingerprint density at radius 2 is 1.38 bits per heavy atom. The number of esters is 1. The van der Waals surface area contributed by atoms with Gasteiger partial charge in [-0.15, -0.1) is 0 Å². The van der Waals surface area contributed by atoms with Crippen molar-refractivity contribution >= 4 is 23.9 Å². The fourth-order valence-corrected chi connectivity index (χ4v) is 4.34. The Hall–Kier alpha value is -4.46. The normalized spacial score (nSPS) is 14.3. The number of hydrogen-bond donors (Lipinski definition) is 1. The lowest BCUT2D eigenvalue weighted by molar-refractivity contribution is -0.156. The maximum atomic E-state index is 13.6. The molecule has 1 N–H and O–H groups in total. The molecule has 0 radical (unpaired) electrons. The van der Waals surface area contributed by atoms with Gasteiger partial charge in [0.05, 0.1) is 6.42 Å². The van der Waals surface area contributed by atoms with Gasteiger partial charge in [0.25, 0.3) is 0 Å². The molecule has 1 heterocycles. The highest BCUT2D eigenvalue weighted by Crippen LogP contribution is 2.42. The molecule has 0 saturated carbocycles. The first-order chi connectivity index (χ1) is 18.0. The zero-order valence-electron chi connectivity index (χ0n) is 20.3. The van der Waals surface area contributed by atoms with E-state index in [1.54, 1.807) is 0 Å². The predicted octanol–water partition coefficient (Wildman–Crippen LogP) is 3.94. The molecular weight excluding hydrogens is 472 g/mol. The first-order valence-electron chi connectivity index (χ1n) is 12.1. The van der Waals surface area contributed by atoms with Crippen LogP contribution in [0.3, 0.4) is 0 Å². The highest BCUT2D eigenvalue weighted by Gasteiger charge is 2.54. The molecule has 3 aromatic carbocycles. The summed E-state index contributed by atoms with van der Waals surface area (Å²) in [5.41, 5.74) is 1.11. The molecule has 8 nitrogen and oxygen atoms in total. The third-order valence-electron chi connectivity index (χ3n) is 6.26. The summed E-state index contributed by atoms with van der Waals surface area (Å²) in [5, 5.41) is 2.58. The van der Waals surface area contributed by atoms with Crippen molar-refractivity contribution in [1.29, 1.82) is 0 Å². The summed E-state index contributed by atoms with van der Waals surface area (Å²) < 4.78 is 10.4. The van der Waals surface area contributed by atoms with Gasteiger partial charge in [0, 0.05) is 13.0 Å². The van der Waals surface area contributed by atoms with E-state index in [0.29, 0.717) is 17.5 Å². The molecule has 3 amide bonds. The maximum Gasteiger partial charge on any atom is 0.407 e. The smallest absolute Gasteiger partial charge is 0.407 e. The van der Waals surface area contributed by atoms with Gasteiger partial charge in [-0.25, -0.2) is 9.69 Å². The van der Waals surface area contributed by atoms with Crippen LogP contribution in [0.25, 0.3) is 0 Å². The summed E-state index contributed by atoms with van der Waals surface area (Å²) in [4.78, 5) is 51.6. The van der Waals surface area contributed by atoms with Gasteiger partial charge in [0.2, 0.25) is 11.8 Å². The molecular formula is C29H28N2O6. The van der Waals surface area contributed by atoms with Crippen LogP contribution in [-0.2, 0) is 35.9 Å². The number of likely N-dealkylation sites (tertiary alicyclic amines) is 1. The number of hydrogen-bond acceptors (Lipinski definition) is 6. The van der Waals surface area contributed by atoms with Crippen LogP contribution in [0.15, 0.2) is 91.0 Å². The van der Waals surface area contributed by atoms with E-state index in [1.165, 1.54) is 0 Å². The van der Waals surface area contributed by atoms with Crippen LogP contribution in [0.4, 0.5) is 4.79 Å². The average Bonchev–Trinajstić information content (AvgIpc) is 3.20. The van der Waals surface area contributed by atoms with Gasteiger partial charge in [-0.05, 0) is 23.1 Å². The Kier molecular flexibility index (Phi) is 8.30. The molecule has 1 aliphatic rings. The van der Waals surface area contributed by atoms with Gasteiger partial charge in [0.1, 0.15) is 12.0 Å². The minimum Gasteiger partial charge on any atom is -0.445 e. The van der Waals surface area contributed by atoms with Crippen LogP contribution in [0, 0.1) is 0 Å². The van der Waals surface area contributed by atoms with Gasteiger partial charge < -0.3 is 14.8 Å². The summed E-state index contributed by atoms with van der Waals surface area (Å²) in [5.74, 6) is -1.41. The number of rotatable bonds is 10. The van der Waals surface area contributed by atoms with Crippen LogP contribution in [0.1, 0.15) is 36.0 Å². The van der Waals surface area contributed by atoms with Crippen molar-refractivity contribution < 1.29 is 28.7 Å². The first-order valence-corrected chi connectivity index (χ1v) is 12.1. The first kappa shape index (κ1) is 25.6. The molecule has 0 spiro atoms. The van der Waals surface area contributed by atoms with Gasteiger partial charge in [-0.3, -0.25) is 14.4 Å². The lowest BCUT2D eigenvalue weighted by Crippen LogP contribution is -2.40. The van der Waals surface area contributed by atoms with E-state index in [0.717, 1.165) is 10.5 Å². The molecule has 8 heteroatoms. The standard InChI is InChI=1S/C29H28N2O6/c32-25-19-29(23-13-6-2-7-14-23,24-15-8-3-9-16-24)27(34)31(25)21-37-26(33)17-10-18-30-28(35)36-20-22-11-4-1-5-12-22/h1-9,11-16H,10,17-21H2,(H,30,35). The molecule has 1 fully saturated rings. The van der Waals surface area contributed by atoms with Crippen molar-refractivity contribution in [2.45, 2.75) is 31.3 Å². The van der Waals surface area contributed by atoms with E-state index in [4.69, 9.17) is 9.47 Å². The summed E-state index contributed by atoms with van der Waals surface area (Å²) in [6.07, 6.45) is -0.299. The second-order valence-electron chi connectivity index (χ2n) is 8.68. The third kappa shape index (κ3) is 6.03. The molecule has 3 aromatic rings. The SMILES string of the molecule is O=C(CCCNC(=O)OCc1ccccc1)OCN1C(=O)CC(c2ccccc2)(c2ccccc2)C1=O. The number of ether oxygens (including phenoxy) is 2. The number of alkyl carbamates (subject to hydrolysis) is 1. The van der Waals surface area contributed by atoms with Gasteiger partial charge >= 0.3 is 12.1 Å². The molecule has 0 aromatic heterocycles. The van der Waals surface area contributed by atoms with Crippen molar-refractivity contribution in [3.63, 3.8) is 0 Å². The van der Waals surface area contributed by atoms with Gasteiger partial charge in [-0.1, -0.05) is 91.0 Å². The number of nitrogens with zero attached hydrogens (tertiary/aromatic N) is 1. The number of carbonyl (C=O) groups excluding carboxylic acids is 4. The van der Waals surface area contributed by atoms with E-state index < -0.39 is 36.0 Å². The van der Waals surface area contributed by atoms with E-state index in [9.17, 15) is 19.2 Å². The molecule has 0 aliphatic carbocycles. The molecule has 190 valence electrons. The topological polar surface area (TPSA) is 102 Å². The zero-order valence-corrected chi connectivity index (χ0v) is 20.3. The number of imide groups is 1. The van der Waals surface area contributed by atoms with E-state index in [2.05, 4.69) is 5.32 Å². The molecule has 0 unspecified atom stereocenters. The molecule has 4 rings (SSSR count). The molecule has 0 atom stereocenters. The van der Waals surface area contributed by atoms with Crippen LogP contribution >= 0.6 is 0 Å². The summed E-state index contributed by atoms with van der Waals surface area (Å²) >= 11 is 0. The lowest BCUT2D eigenvalue weighted by atomic mass is 9.73. The lowest BCUT2D eigenvalue weighted by Gasteiger charge is -2.28. The third-order valence-corrected chi connectivity index (χ3v) is 6.26. The average molecular weight is 501 g/mol. The van der Waals surface area contributed by atoms with Crippen molar-refractivity contribution in [2.24, 2.45) is 0 Å². The Morgan fingerprint density at radius 3 is 1.97 bits per heavy atom. The highest BCUT2D eigenvalue weighted by atomic mass is 16.6. The summed E-state index contributed by atoms with van der Waals surface area (Å²) in [7, 11) is 0. The maximum absolute atomic E-state index is 13.6. The highest BCUT2D eigenvalue weighted by molar-refractivity contribution is 6.11.